The topological polar surface area (TPSA) is 12.0 Å². The van der Waals surface area contributed by atoms with Crippen molar-refractivity contribution in [3.63, 3.8) is 0 Å². The molecule has 100 valence electrons. The molecule has 2 atom stereocenters. The summed E-state index contributed by atoms with van der Waals surface area (Å²) in [6.45, 7) is 3.09. The van der Waals surface area contributed by atoms with Crippen LogP contribution in [0.2, 0.25) is 0 Å². The summed E-state index contributed by atoms with van der Waals surface area (Å²) in [4.78, 5) is 0. The Hall–Kier alpha value is -0.410. The van der Waals surface area contributed by atoms with Crippen molar-refractivity contribution in [2.75, 3.05) is 0 Å². The van der Waals surface area contributed by atoms with Crippen molar-refractivity contribution in [3.8, 4) is 0 Å². The largest absolute Gasteiger partial charge is 0.310 e. The average Bonchev–Trinajstić information content (AvgIpc) is 2.56. The van der Waals surface area contributed by atoms with Crippen LogP contribution >= 0.6 is 15.9 Å². The Morgan fingerprint density at radius 3 is 2.94 bits per heavy atom. The normalized spacial score (nSPS) is 24.8. The molecule has 0 aromatic heterocycles. The summed E-state index contributed by atoms with van der Waals surface area (Å²) in [6.07, 6.45) is 6.46. The third-order valence-corrected chi connectivity index (χ3v) is 4.76. The maximum Gasteiger partial charge on any atom is 0.137 e. The average molecular weight is 314 g/mol. The Kier molecular flexibility index (Phi) is 5.19. The van der Waals surface area contributed by atoms with Crippen LogP contribution in [-0.2, 0) is 6.54 Å². The minimum absolute atomic E-state index is 0.177. The van der Waals surface area contributed by atoms with Gasteiger partial charge < -0.3 is 5.32 Å². The molecule has 0 bridgehead atoms. The van der Waals surface area contributed by atoms with Crippen molar-refractivity contribution in [3.05, 3.63) is 34.1 Å². The molecule has 0 aliphatic heterocycles. The molecule has 1 aliphatic carbocycles. The highest BCUT2D eigenvalue weighted by Crippen LogP contribution is 2.24. The van der Waals surface area contributed by atoms with E-state index < -0.39 is 0 Å². The molecule has 1 fully saturated rings. The molecule has 0 saturated heterocycles. The van der Waals surface area contributed by atoms with Crippen LogP contribution in [-0.4, -0.2) is 6.04 Å². The van der Waals surface area contributed by atoms with Gasteiger partial charge in [0.2, 0.25) is 0 Å². The minimum atomic E-state index is -0.177. The first-order chi connectivity index (χ1) is 8.66. The zero-order valence-electron chi connectivity index (χ0n) is 10.9. The molecule has 0 heterocycles. The van der Waals surface area contributed by atoms with Crippen molar-refractivity contribution >= 4 is 15.9 Å². The van der Waals surface area contributed by atoms with Gasteiger partial charge >= 0.3 is 0 Å². The van der Waals surface area contributed by atoms with E-state index in [1.54, 1.807) is 6.07 Å². The molecule has 1 aliphatic rings. The van der Waals surface area contributed by atoms with Crippen LogP contribution in [0.15, 0.2) is 22.7 Å². The first-order valence-corrected chi connectivity index (χ1v) is 7.62. The number of rotatable bonds is 3. The molecule has 0 spiro atoms. The highest BCUT2D eigenvalue weighted by atomic mass is 79.9. The van der Waals surface area contributed by atoms with Gasteiger partial charge in [0, 0.05) is 12.6 Å². The fourth-order valence-electron chi connectivity index (χ4n) is 2.63. The summed E-state index contributed by atoms with van der Waals surface area (Å²) < 4.78 is 14.0. The van der Waals surface area contributed by atoms with E-state index in [1.807, 2.05) is 6.07 Å². The molecule has 1 aromatic carbocycles. The Labute approximate surface area is 117 Å². The van der Waals surface area contributed by atoms with Crippen molar-refractivity contribution in [1.29, 1.82) is 0 Å². The van der Waals surface area contributed by atoms with Crippen LogP contribution in [0.25, 0.3) is 0 Å². The Morgan fingerprint density at radius 2 is 2.11 bits per heavy atom. The predicted octanol–water partition coefficient (Wildman–Crippen LogP) is 4.65. The maximum absolute atomic E-state index is 13.4. The fourth-order valence-corrected chi connectivity index (χ4v) is 3.04. The van der Waals surface area contributed by atoms with E-state index in [0.29, 0.717) is 10.5 Å². The molecule has 18 heavy (non-hydrogen) atoms. The zero-order valence-corrected chi connectivity index (χ0v) is 12.5. The van der Waals surface area contributed by atoms with Gasteiger partial charge in [-0.2, -0.15) is 0 Å². The lowest BCUT2D eigenvalue weighted by molar-refractivity contribution is 0.446. The van der Waals surface area contributed by atoms with Gasteiger partial charge in [-0.1, -0.05) is 31.9 Å². The van der Waals surface area contributed by atoms with Gasteiger partial charge in [0.25, 0.3) is 0 Å². The second-order valence-electron chi connectivity index (χ2n) is 5.40. The first kappa shape index (κ1) is 14.0. The summed E-state index contributed by atoms with van der Waals surface area (Å²) in [5.41, 5.74) is 1.01. The molecule has 1 N–H and O–H groups in total. The van der Waals surface area contributed by atoms with Gasteiger partial charge in [-0.15, -0.1) is 0 Å². The van der Waals surface area contributed by atoms with Crippen LogP contribution < -0.4 is 5.32 Å². The maximum atomic E-state index is 13.4. The minimum Gasteiger partial charge on any atom is -0.310 e. The fraction of sp³-hybridized carbons (Fsp3) is 0.600. The zero-order chi connectivity index (χ0) is 13.0. The van der Waals surface area contributed by atoms with E-state index in [2.05, 4.69) is 28.2 Å². The van der Waals surface area contributed by atoms with Crippen LogP contribution in [0.1, 0.15) is 44.6 Å². The quantitative estimate of drug-likeness (QED) is 0.801. The number of nitrogens with one attached hydrogen (secondary N) is 1. The molecule has 1 nitrogen and oxygen atoms in total. The highest BCUT2D eigenvalue weighted by Gasteiger charge is 2.16. The second-order valence-corrected chi connectivity index (χ2v) is 6.20. The molecule has 0 amide bonds. The smallest absolute Gasteiger partial charge is 0.137 e. The number of hydrogen-bond acceptors (Lipinski definition) is 1. The predicted molar refractivity (Wildman–Crippen MR) is 77.0 cm³/mol. The standard InChI is InChI=1S/C15H21BrFN/c1-11-4-2-6-13(9-8-11)18-10-12-5-3-7-14(17)15(12)16/h3,5,7,11,13,18H,2,4,6,8-10H2,1H3. The SMILES string of the molecule is CC1CCCC(NCc2cccc(F)c2Br)CC1. The molecule has 2 rings (SSSR count). The van der Waals surface area contributed by atoms with Gasteiger partial charge in [0.15, 0.2) is 0 Å². The van der Waals surface area contributed by atoms with E-state index >= 15 is 0 Å². The molecule has 1 saturated carbocycles. The molecule has 3 heteroatoms. The first-order valence-electron chi connectivity index (χ1n) is 6.83. The van der Waals surface area contributed by atoms with E-state index in [1.165, 1.54) is 38.2 Å². The van der Waals surface area contributed by atoms with E-state index in [4.69, 9.17) is 0 Å². The summed E-state index contributed by atoms with van der Waals surface area (Å²) in [6, 6.07) is 5.82. The van der Waals surface area contributed by atoms with Crippen LogP contribution in [0, 0.1) is 11.7 Å². The van der Waals surface area contributed by atoms with Gasteiger partial charge in [-0.3, -0.25) is 0 Å². The Balaban J connectivity index is 1.89. The van der Waals surface area contributed by atoms with E-state index in [0.717, 1.165) is 18.0 Å². The third-order valence-electron chi connectivity index (χ3n) is 3.87. The van der Waals surface area contributed by atoms with Crippen LogP contribution in [0.3, 0.4) is 0 Å². The van der Waals surface area contributed by atoms with Crippen molar-refractivity contribution in [2.24, 2.45) is 5.92 Å². The lowest BCUT2D eigenvalue weighted by Gasteiger charge is -2.17. The molecular formula is C15H21BrFN. The van der Waals surface area contributed by atoms with Crippen LogP contribution in [0.5, 0.6) is 0 Å². The van der Waals surface area contributed by atoms with Crippen LogP contribution in [0.4, 0.5) is 4.39 Å². The van der Waals surface area contributed by atoms with Gasteiger partial charge in [-0.25, -0.2) is 4.39 Å². The van der Waals surface area contributed by atoms with Gasteiger partial charge in [0.05, 0.1) is 4.47 Å². The summed E-state index contributed by atoms with van der Waals surface area (Å²) in [5.74, 6) is 0.682. The lowest BCUT2D eigenvalue weighted by Crippen LogP contribution is -2.28. The summed E-state index contributed by atoms with van der Waals surface area (Å²) in [7, 11) is 0. The van der Waals surface area contributed by atoms with Crippen molar-refractivity contribution in [1.82, 2.24) is 5.32 Å². The molecule has 2 unspecified atom stereocenters. The van der Waals surface area contributed by atoms with Gasteiger partial charge in [-0.05, 0) is 52.7 Å². The Bertz CT molecular complexity index is 394. The van der Waals surface area contributed by atoms with Crippen molar-refractivity contribution in [2.45, 2.75) is 51.6 Å². The van der Waals surface area contributed by atoms with Gasteiger partial charge in [0.1, 0.15) is 5.82 Å². The number of benzene rings is 1. The molecule has 1 aromatic rings. The second kappa shape index (κ2) is 6.67. The molecular weight excluding hydrogens is 293 g/mol. The third kappa shape index (κ3) is 3.79. The van der Waals surface area contributed by atoms with Crippen molar-refractivity contribution < 1.29 is 4.39 Å². The monoisotopic (exact) mass is 313 g/mol. The number of hydrogen-bond donors (Lipinski definition) is 1. The highest BCUT2D eigenvalue weighted by molar-refractivity contribution is 9.10. The number of halogens is 2. The van der Waals surface area contributed by atoms with E-state index in [-0.39, 0.29) is 5.82 Å². The lowest BCUT2D eigenvalue weighted by atomic mass is 10.0. The van der Waals surface area contributed by atoms with E-state index in [9.17, 15) is 4.39 Å². The summed E-state index contributed by atoms with van der Waals surface area (Å²) >= 11 is 3.32. The summed E-state index contributed by atoms with van der Waals surface area (Å²) in [5, 5.41) is 3.57. The Morgan fingerprint density at radius 1 is 1.28 bits per heavy atom. The molecule has 0 radical (unpaired) electrons.